The predicted octanol–water partition coefficient (Wildman–Crippen LogP) is 4.57. The molecule has 0 saturated carbocycles. The lowest BCUT2D eigenvalue weighted by Gasteiger charge is -2.09. The Labute approximate surface area is 124 Å². The molecule has 0 aliphatic carbocycles. The van der Waals surface area contributed by atoms with Crippen LogP contribution in [0.1, 0.15) is 31.2 Å². The van der Waals surface area contributed by atoms with Gasteiger partial charge in [0.1, 0.15) is 11.6 Å². The molecule has 0 atom stereocenters. The third-order valence-electron chi connectivity index (χ3n) is 3.74. The first-order valence-electron chi connectivity index (χ1n) is 7.46. The van der Waals surface area contributed by atoms with E-state index in [4.69, 9.17) is 4.98 Å². The van der Waals surface area contributed by atoms with Crippen molar-refractivity contribution < 1.29 is 4.39 Å². The van der Waals surface area contributed by atoms with Crippen molar-refractivity contribution in [2.24, 2.45) is 0 Å². The van der Waals surface area contributed by atoms with Crippen molar-refractivity contribution in [3.8, 4) is 0 Å². The van der Waals surface area contributed by atoms with Crippen LogP contribution in [0.2, 0.25) is 0 Å². The van der Waals surface area contributed by atoms with Gasteiger partial charge >= 0.3 is 0 Å². The van der Waals surface area contributed by atoms with E-state index in [-0.39, 0.29) is 5.82 Å². The summed E-state index contributed by atoms with van der Waals surface area (Å²) in [5.41, 5.74) is 3.27. The molecule has 3 rings (SSSR count). The van der Waals surface area contributed by atoms with Crippen LogP contribution in [-0.2, 0) is 13.0 Å². The molecule has 0 unspecified atom stereocenters. The molecular formula is C18H19FN2. The van der Waals surface area contributed by atoms with Crippen LogP contribution in [-0.4, -0.2) is 9.55 Å². The number of nitrogens with zero attached hydrogens (tertiary/aromatic N) is 2. The fourth-order valence-corrected chi connectivity index (χ4v) is 2.60. The zero-order chi connectivity index (χ0) is 14.7. The van der Waals surface area contributed by atoms with Crippen LogP contribution >= 0.6 is 0 Å². The predicted molar refractivity (Wildman–Crippen MR) is 83.8 cm³/mol. The first-order chi connectivity index (χ1) is 10.3. The summed E-state index contributed by atoms with van der Waals surface area (Å²) in [4.78, 5) is 4.75. The molecule has 21 heavy (non-hydrogen) atoms. The normalized spacial score (nSPS) is 11.1. The van der Waals surface area contributed by atoms with Gasteiger partial charge in [0.15, 0.2) is 0 Å². The molecular weight excluding hydrogens is 263 g/mol. The second-order valence-electron chi connectivity index (χ2n) is 5.33. The monoisotopic (exact) mass is 282 g/mol. The maximum atomic E-state index is 13.0. The number of para-hydroxylation sites is 2. The summed E-state index contributed by atoms with van der Waals surface area (Å²) in [6.07, 6.45) is 3.26. The molecule has 0 amide bonds. The number of hydrogen-bond donors (Lipinski definition) is 0. The second kappa shape index (κ2) is 6.08. The van der Waals surface area contributed by atoms with Gasteiger partial charge in [-0.1, -0.05) is 37.6 Å². The van der Waals surface area contributed by atoms with Crippen LogP contribution in [0, 0.1) is 5.82 Å². The highest BCUT2D eigenvalue weighted by Gasteiger charge is 2.10. The van der Waals surface area contributed by atoms with E-state index in [2.05, 4.69) is 17.6 Å². The number of halogens is 1. The maximum Gasteiger partial charge on any atom is 0.123 e. The molecule has 0 fully saturated rings. The Balaban J connectivity index is 1.99. The van der Waals surface area contributed by atoms with E-state index in [1.54, 1.807) is 0 Å². The number of fused-ring (bicyclic) bond motifs is 1. The summed E-state index contributed by atoms with van der Waals surface area (Å²) in [5.74, 6) is 0.919. The number of unbranched alkanes of at least 4 members (excludes halogenated alkanes) is 1. The van der Waals surface area contributed by atoms with Gasteiger partial charge in [0.25, 0.3) is 0 Å². The number of imidazole rings is 1. The highest BCUT2D eigenvalue weighted by Crippen LogP contribution is 2.19. The first-order valence-corrected chi connectivity index (χ1v) is 7.46. The minimum Gasteiger partial charge on any atom is -0.323 e. The average Bonchev–Trinajstić information content (AvgIpc) is 2.85. The smallest absolute Gasteiger partial charge is 0.123 e. The Bertz CT molecular complexity index is 729. The van der Waals surface area contributed by atoms with E-state index in [0.29, 0.717) is 0 Å². The molecule has 2 aromatic carbocycles. The van der Waals surface area contributed by atoms with E-state index in [9.17, 15) is 4.39 Å². The minimum atomic E-state index is -0.194. The van der Waals surface area contributed by atoms with E-state index >= 15 is 0 Å². The summed E-state index contributed by atoms with van der Waals surface area (Å²) in [6.45, 7) is 2.92. The highest BCUT2D eigenvalue weighted by atomic mass is 19.1. The Hall–Kier alpha value is -2.16. The zero-order valence-electron chi connectivity index (χ0n) is 12.2. The van der Waals surface area contributed by atoms with Crippen LogP contribution < -0.4 is 0 Å². The van der Waals surface area contributed by atoms with Crippen LogP contribution in [0.3, 0.4) is 0 Å². The number of aryl methyl sites for hydroxylation is 1. The third kappa shape index (κ3) is 2.97. The number of aromatic nitrogens is 2. The largest absolute Gasteiger partial charge is 0.323 e. The van der Waals surface area contributed by atoms with Gasteiger partial charge in [-0.05, 0) is 36.2 Å². The maximum absolute atomic E-state index is 13.0. The molecule has 0 aliphatic heterocycles. The lowest BCUT2D eigenvalue weighted by Crippen LogP contribution is -2.05. The highest BCUT2D eigenvalue weighted by molar-refractivity contribution is 5.76. The van der Waals surface area contributed by atoms with Gasteiger partial charge in [0, 0.05) is 13.0 Å². The molecule has 0 bridgehead atoms. The summed E-state index contributed by atoms with van der Waals surface area (Å²) >= 11 is 0. The summed E-state index contributed by atoms with van der Waals surface area (Å²) < 4.78 is 15.3. The fourth-order valence-electron chi connectivity index (χ4n) is 2.60. The average molecular weight is 282 g/mol. The van der Waals surface area contributed by atoms with Crippen LogP contribution in [0.15, 0.2) is 48.5 Å². The molecule has 0 saturated heterocycles. The van der Waals surface area contributed by atoms with Crippen molar-refractivity contribution in [3.63, 3.8) is 0 Å². The van der Waals surface area contributed by atoms with Gasteiger partial charge in [0.2, 0.25) is 0 Å². The summed E-state index contributed by atoms with van der Waals surface area (Å²) in [5, 5.41) is 0. The SMILES string of the molecule is CCCCc1nc2ccccc2n1Cc1ccc(F)cc1. The van der Waals surface area contributed by atoms with Crippen molar-refractivity contribution in [3.05, 3.63) is 65.7 Å². The molecule has 0 aliphatic rings. The van der Waals surface area contributed by atoms with Gasteiger partial charge in [0.05, 0.1) is 11.0 Å². The molecule has 0 N–H and O–H groups in total. The first kappa shape index (κ1) is 13.8. The van der Waals surface area contributed by atoms with E-state index < -0.39 is 0 Å². The van der Waals surface area contributed by atoms with Gasteiger partial charge in [-0.25, -0.2) is 9.37 Å². The standard InChI is InChI=1S/C18H19FN2/c1-2-3-8-18-20-16-6-4-5-7-17(16)21(18)13-14-9-11-15(19)12-10-14/h4-7,9-12H,2-3,8,13H2,1H3. The second-order valence-corrected chi connectivity index (χ2v) is 5.33. The number of benzene rings is 2. The van der Waals surface area contributed by atoms with Gasteiger partial charge in [-0.15, -0.1) is 0 Å². The molecule has 0 spiro atoms. The number of hydrogen-bond acceptors (Lipinski definition) is 1. The van der Waals surface area contributed by atoms with Crippen LogP contribution in [0.5, 0.6) is 0 Å². The molecule has 2 nitrogen and oxygen atoms in total. The van der Waals surface area contributed by atoms with Gasteiger partial charge < -0.3 is 4.57 Å². The van der Waals surface area contributed by atoms with E-state index in [0.717, 1.165) is 48.2 Å². The van der Waals surface area contributed by atoms with Crippen molar-refractivity contribution in [1.29, 1.82) is 0 Å². The Morgan fingerprint density at radius 3 is 2.57 bits per heavy atom. The Morgan fingerprint density at radius 2 is 1.81 bits per heavy atom. The van der Waals surface area contributed by atoms with Crippen molar-refractivity contribution in [2.45, 2.75) is 32.7 Å². The molecule has 0 radical (unpaired) electrons. The van der Waals surface area contributed by atoms with Crippen LogP contribution in [0.4, 0.5) is 4.39 Å². The third-order valence-corrected chi connectivity index (χ3v) is 3.74. The molecule has 1 aromatic heterocycles. The van der Waals surface area contributed by atoms with Crippen molar-refractivity contribution >= 4 is 11.0 Å². The minimum absolute atomic E-state index is 0.194. The number of rotatable bonds is 5. The molecule has 3 heteroatoms. The topological polar surface area (TPSA) is 17.8 Å². The van der Waals surface area contributed by atoms with Crippen LogP contribution in [0.25, 0.3) is 11.0 Å². The fraction of sp³-hybridized carbons (Fsp3) is 0.278. The summed E-state index contributed by atoms with van der Waals surface area (Å²) in [7, 11) is 0. The quantitative estimate of drug-likeness (QED) is 0.670. The molecule has 1 heterocycles. The molecule has 108 valence electrons. The molecule has 3 aromatic rings. The van der Waals surface area contributed by atoms with Crippen molar-refractivity contribution in [2.75, 3.05) is 0 Å². The van der Waals surface area contributed by atoms with E-state index in [1.165, 1.54) is 12.1 Å². The lowest BCUT2D eigenvalue weighted by molar-refractivity contribution is 0.625. The van der Waals surface area contributed by atoms with Gasteiger partial charge in [-0.3, -0.25) is 0 Å². The Kier molecular flexibility index (Phi) is 4.00. The summed E-state index contributed by atoms with van der Waals surface area (Å²) in [6, 6.07) is 14.9. The van der Waals surface area contributed by atoms with Gasteiger partial charge in [-0.2, -0.15) is 0 Å². The lowest BCUT2D eigenvalue weighted by atomic mass is 10.2. The Morgan fingerprint density at radius 1 is 1.05 bits per heavy atom. The van der Waals surface area contributed by atoms with E-state index in [1.807, 2.05) is 30.3 Å². The van der Waals surface area contributed by atoms with Crippen molar-refractivity contribution in [1.82, 2.24) is 9.55 Å². The zero-order valence-corrected chi connectivity index (χ0v) is 12.2.